The average molecular weight is 298 g/mol. The largest absolute Gasteiger partial charge is 0.312 e. The van der Waals surface area contributed by atoms with Gasteiger partial charge in [-0.1, -0.05) is 25.1 Å². The summed E-state index contributed by atoms with van der Waals surface area (Å²) in [5.74, 6) is 0.527. The fourth-order valence-electron chi connectivity index (χ4n) is 3.17. The van der Waals surface area contributed by atoms with Crippen LogP contribution >= 0.6 is 0 Å². The number of hydrogen-bond donors (Lipinski definition) is 1. The maximum absolute atomic E-state index is 12.7. The first-order chi connectivity index (χ1) is 10.7. The second-order valence-corrected chi connectivity index (χ2v) is 5.85. The molecule has 0 radical (unpaired) electrons. The van der Waals surface area contributed by atoms with Gasteiger partial charge in [0.05, 0.1) is 12.7 Å². The van der Waals surface area contributed by atoms with Crippen LogP contribution < -0.4 is 4.90 Å². The third kappa shape index (κ3) is 2.90. The molecule has 0 aliphatic carbocycles. The molecule has 3 rings (SSSR count). The van der Waals surface area contributed by atoms with E-state index in [0.717, 1.165) is 18.8 Å². The predicted molar refractivity (Wildman–Crippen MR) is 86.7 cm³/mol. The van der Waals surface area contributed by atoms with E-state index in [9.17, 15) is 4.79 Å². The first kappa shape index (κ1) is 14.8. The van der Waals surface area contributed by atoms with Gasteiger partial charge in [0.25, 0.3) is 0 Å². The van der Waals surface area contributed by atoms with Gasteiger partial charge in [-0.15, -0.1) is 0 Å². The molecule has 0 bridgehead atoms. The summed E-state index contributed by atoms with van der Waals surface area (Å²) in [6, 6.07) is 9.86. The van der Waals surface area contributed by atoms with Crippen LogP contribution in [0.1, 0.15) is 31.0 Å². The van der Waals surface area contributed by atoms with Crippen LogP contribution in [0.25, 0.3) is 0 Å². The first-order valence-electron chi connectivity index (χ1n) is 7.79. The number of anilines is 1. The van der Waals surface area contributed by atoms with E-state index in [2.05, 4.69) is 22.0 Å². The summed E-state index contributed by atoms with van der Waals surface area (Å²) in [4.78, 5) is 16.7. The zero-order valence-corrected chi connectivity index (χ0v) is 13.1. The highest BCUT2D eigenvalue weighted by Crippen LogP contribution is 2.25. The van der Waals surface area contributed by atoms with Crippen molar-refractivity contribution in [3.8, 4) is 0 Å². The molecule has 0 saturated carbocycles. The van der Waals surface area contributed by atoms with Crippen molar-refractivity contribution >= 4 is 11.6 Å². The maximum Gasteiger partial charge on any atom is 0.241 e. The first-order valence-corrected chi connectivity index (χ1v) is 7.79. The second-order valence-electron chi connectivity index (χ2n) is 5.85. The third-order valence-electron chi connectivity index (χ3n) is 4.21. The molecule has 1 aromatic heterocycles. The standard InChI is InChI=1S/C17H22N4O/c1-3-21(15-7-5-4-6-8-15)16(22)12-20-10-13(2)17-14(11-20)9-18-19-17/h4-9,13H,3,10-12H2,1-2H3,(H,18,19). The zero-order chi connectivity index (χ0) is 15.5. The summed E-state index contributed by atoms with van der Waals surface area (Å²) in [7, 11) is 0. The Morgan fingerprint density at radius 1 is 1.41 bits per heavy atom. The third-order valence-corrected chi connectivity index (χ3v) is 4.21. The van der Waals surface area contributed by atoms with E-state index in [1.807, 2.05) is 48.4 Å². The number of aromatic nitrogens is 2. The summed E-state index contributed by atoms with van der Waals surface area (Å²) < 4.78 is 0. The van der Waals surface area contributed by atoms with Crippen molar-refractivity contribution in [2.24, 2.45) is 0 Å². The van der Waals surface area contributed by atoms with E-state index in [0.29, 0.717) is 19.0 Å². The summed E-state index contributed by atoms with van der Waals surface area (Å²) in [5.41, 5.74) is 3.37. The van der Waals surface area contributed by atoms with Gasteiger partial charge in [-0.2, -0.15) is 5.10 Å². The van der Waals surface area contributed by atoms with Gasteiger partial charge >= 0.3 is 0 Å². The lowest BCUT2D eigenvalue weighted by molar-refractivity contribution is -0.120. The Morgan fingerprint density at radius 2 is 2.18 bits per heavy atom. The number of hydrogen-bond acceptors (Lipinski definition) is 3. The molecular weight excluding hydrogens is 276 g/mol. The molecule has 1 aromatic carbocycles. The normalized spacial score (nSPS) is 18.0. The Morgan fingerprint density at radius 3 is 2.91 bits per heavy atom. The number of carbonyl (C=O) groups is 1. The molecule has 22 heavy (non-hydrogen) atoms. The van der Waals surface area contributed by atoms with Crippen molar-refractivity contribution in [2.75, 3.05) is 24.5 Å². The molecule has 0 fully saturated rings. The number of nitrogens with one attached hydrogen (secondary N) is 1. The molecule has 2 heterocycles. The SMILES string of the molecule is CCN(C(=O)CN1Cc2cn[nH]c2C(C)C1)c1ccccc1. The van der Waals surface area contributed by atoms with Gasteiger partial charge in [-0.05, 0) is 19.1 Å². The van der Waals surface area contributed by atoms with Crippen molar-refractivity contribution in [3.05, 3.63) is 47.8 Å². The minimum atomic E-state index is 0.146. The lowest BCUT2D eigenvalue weighted by Gasteiger charge is -2.32. The molecule has 2 aromatic rings. The van der Waals surface area contributed by atoms with Crippen LogP contribution in [0, 0.1) is 0 Å². The summed E-state index contributed by atoms with van der Waals surface area (Å²) in [6.07, 6.45) is 1.87. The van der Waals surface area contributed by atoms with Gasteiger partial charge in [0.2, 0.25) is 5.91 Å². The predicted octanol–water partition coefficient (Wildman–Crippen LogP) is 2.38. The number of carbonyl (C=O) groups excluding carboxylic acids is 1. The van der Waals surface area contributed by atoms with Crippen LogP contribution in [0.2, 0.25) is 0 Å². The van der Waals surface area contributed by atoms with E-state index in [-0.39, 0.29) is 5.91 Å². The Bertz CT molecular complexity index is 637. The van der Waals surface area contributed by atoms with Crippen molar-refractivity contribution in [1.82, 2.24) is 15.1 Å². The lowest BCUT2D eigenvalue weighted by atomic mass is 9.98. The highest BCUT2D eigenvalue weighted by atomic mass is 16.2. The smallest absolute Gasteiger partial charge is 0.241 e. The molecule has 1 atom stereocenters. The summed E-state index contributed by atoms with van der Waals surface area (Å²) >= 11 is 0. The number of H-pyrrole nitrogens is 1. The fraction of sp³-hybridized carbons (Fsp3) is 0.412. The van der Waals surface area contributed by atoms with Gasteiger partial charge in [0.1, 0.15) is 0 Å². The molecule has 0 spiro atoms. The van der Waals surface area contributed by atoms with Crippen LogP contribution in [0.4, 0.5) is 5.69 Å². The Labute approximate surface area is 130 Å². The minimum Gasteiger partial charge on any atom is -0.312 e. The van der Waals surface area contributed by atoms with E-state index < -0.39 is 0 Å². The average Bonchev–Trinajstić information content (AvgIpc) is 2.98. The molecule has 5 nitrogen and oxygen atoms in total. The molecular formula is C17H22N4O. The van der Waals surface area contributed by atoms with Gasteiger partial charge in [-0.25, -0.2) is 0 Å². The van der Waals surface area contributed by atoms with E-state index in [1.165, 1.54) is 11.3 Å². The maximum atomic E-state index is 12.7. The zero-order valence-electron chi connectivity index (χ0n) is 13.1. The van der Waals surface area contributed by atoms with Gasteiger partial charge in [0, 0.05) is 42.5 Å². The van der Waals surface area contributed by atoms with Crippen LogP contribution in [-0.4, -0.2) is 40.6 Å². The molecule has 1 aliphatic rings. The highest BCUT2D eigenvalue weighted by Gasteiger charge is 2.26. The molecule has 1 aliphatic heterocycles. The highest BCUT2D eigenvalue weighted by molar-refractivity contribution is 5.94. The van der Waals surface area contributed by atoms with Crippen molar-refractivity contribution in [2.45, 2.75) is 26.3 Å². The Balaban J connectivity index is 1.69. The number of fused-ring (bicyclic) bond motifs is 1. The van der Waals surface area contributed by atoms with Crippen molar-refractivity contribution < 1.29 is 4.79 Å². The number of benzene rings is 1. The summed E-state index contributed by atoms with van der Waals surface area (Å²) in [5, 5.41) is 7.19. The van der Waals surface area contributed by atoms with E-state index in [4.69, 9.17) is 0 Å². The van der Waals surface area contributed by atoms with E-state index >= 15 is 0 Å². The fourth-order valence-corrected chi connectivity index (χ4v) is 3.17. The number of rotatable bonds is 4. The van der Waals surface area contributed by atoms with Gasteiger partial charge in [-0.3, -0.25) is 14.8 Å². The molecule has 116 valence electrons. The quantitative estimate of drug-likeness (QED) is 0.943. The van der Waals surface area contributed by atoms with Crippen molar-refractivity contribution in [3.63, 3.8) is 0 Å². The summed E-state index contributed by atoms with van der Waals surface area (Å²) in [6.45, 7) is 6.97. The molecule has 1 amide bonds. The number of aromatic amines is 1. The number of likely N-dealkylation sites (N-methyl/N-ethyl adjacent to an activating group) is 1. The van der Waals surface area contributed by atoms with Gasteiger partial charge < -0.3 is 4.90 Å². The minimum absolute atomic E-state index is 0.146. The van der Waals surface area contributed by atoms with E-state index in [1.54, 1.807) is 0 Å². The Kier molecular flexibility index (Phi) is 4.24. The van der Waals surface area contributed by atoms with Crippen molar-refractivity contribution in [1.29, 1.82) is 0 Å². The molecule has 0 saturated heterocycles. The molecule has 1 N–H and O–H groups in total. The van der Waals surface area contributed by atoms with Crippen LogP contribution in [0.3, 0.4) is 0 Å². The van der Waals surface area contributed by atoms with Gasteiger partial charge in [0.15, 0.2) is 0 Å². The Hall–Kier alpha value is -2.14. The van der Waals surface area contributed by atoms with Crippen LogP contribution in [0.5, 0.6) is 0 Å². The number of amides is 1. The number of nitrogens with zero attached hydrogens (tertiary/aromatic N) is 3. The van der Waals surface area contributed by atoms with Crippen LogP contribution in [-0.2, 0) is 11.3 Å². The van der Waals surface area contributed by atoms with Crippen LogP contribution in [0.15, 0.2) is 36.5 Å². The topological polar surface area (TPSA) is 52.2 Å². The second kappa shape index (κ2) is 6.32. The monoisotopic (exact) mass is 298 g/mol. The lowest BCUT2D eigenvalue weighted by Crippen LogP contribution is -2.43. The molecule has 5 heteroatoms. The molecule has 1 unspecified atom stereocenters. The number of para-hydroxylation sites is 1.